The van der Waals surface area contributed by atoms with Crippen LogP contribution >= 0.6 is 24.0 Å². The molecule has 0 aliphatic carbocycles. The van der Waals surface area contributed by atoms with Crippen molar-refractivity contribution in [3.8, 4) is 11.5 Å². The minimum absolute atomic E-state index is 0. The molecule has 0 bridgehead atoms. The molecule has 2 N–H and O–H groups in total. The van der Waals surface area contributed by atoms with Gasteiger partial charge in [0.1, 0.15) is 11.9 Å². The van der Waals surface area contributed by atoms with Crippen LogP contribution in [0, 0.1) is 0 Å². The molecule has 1 aliphatic rings. The number of hydrogen-bond acceptors (Lipinski definition) is 5. The van der Waals surface area contributed by atoms with Gasteiger partial charge in [-0.2, -0.15) is 0 Å². The first-order chi connectivity index (χ1) is 14.9. The fourth-order valence-electron chi connectivity index (χ4n) is 3.48. The maximum absolute atomic E-state index is 12.6. The van der Waals surface area contributed by atoms with E-state index < -0.39 is 5.60 Å². The van der Waals surface area contributed by atoms with E-state index in [-0.39, 0.29) is 36.1 Å². The summed E-state index contributed by atoms with van der Waals surface area (Å²) >= 11 is 0. The molecule has 1 atom stereocenters. The third kappa shape index (κ3) is 7.68. The predicted octanol–water partition coefficient (Wildman–Crippen LogP) is 4.41. The van der Waals surface area contributed by atoms with Crippen molar-refractivity contribution in [2.45, 2.75) is 58.2 Å². The van der Waals surface area contributed by atoms with Gasteiger partial charge < -0.3 is 24.7 Å². The van der Waals surface area contributed by atoms with Crippen molar-refractivity contribution in [3.63, 3.8) is 0 Å². The van der Waals surface area contributed by atoms with Gasteiger partial charge in [0.15, 0.2) is 5.96 Å². The lowest BCUT2D eigenvalue weighted by Crippen LogP contribution is -2.52. The Morgan fingerprint density at radius 2 is 2.00 bits per heavy atom. The zero-order valence-corrected chi connectivity index (χ0v) is 21.6. The van der Waals surface area contributed by atoms with Crippen molar-refractivity contribution in [2.24, 2.45) is 4.99 Å². The number of likely N-dealkylation sites (tertiary alicyclic amines) is 1. The first-order valence-corrected chi connectivity index (χ1v) is 10.8. The molecule has 9 heteroatoms. The standard InChI is InChI=1S/C23H33N5O3.HI/c1-23(2,3)31-22(29)28-13-9-8-12-19(28)15-26-21(24-4)25-14-18-16-30-20(27-18)17-10-6-5-7-11-17;/h5-7,10-11,16,19H,8-9,12-15H2,1-4H3,(H2,24,25,26);1H. The van der Waals surface area contributed by atoms with Crippen molar-refractivity contribution < 1.29 is 13.9 Å². The molecular formula is C23H34IN5O3. The summed E-state index contributed by atoms with van der Waals surface area (Å²) in [5.74, 6) is 1.24. The minimum Gasteiger partial charge on any atom is -0.444 e. The van der Waals surface area contributed by atoms with Crippen LogP contribution in [0.1, 0.15) is 45.7 Å². The Hall–Kier alpha value is -2.30. The molecule has 1 aromatic carbocycles. The number of halogens is 1. The molecule has 0 saturated carbocycles. The molecule has 176 valence electrons. The van der Waals surface area contributed by atoms with E-state index in [1.54, 1.807) is 13.3 Å². The summed E-state index contributed by atoms with van der Waals surface area (Å²) in [6, 6.07) is 9.86. The quantitative estimate of drug-likeness (QED) is 0.323. The van der Waals surface area contributed by atoms with Crippen LogP contribution in [0.4, 0.5) is 4.79 Å². The van der Waals surface area contributed by atoms with Gasteiger partial charge in [0.25, 0.3) is 0 Å². The largest absolute Gasteiger partial charge is 0.444 e. The summed E-state index contributed by atoms with van der Waals surface area (Å²) in [6.45, 7) is 7.47. The van der Waals surface area contributed by atoms with E-state index in [1.165, 1.54) is 0 Å². The number of benzene rings is 1. The zero-order valence-electron chi connectivity index (χ0n) is 19.3. The topological polar surface area (TPSA) is 92.0 Å². The molecule has 3 rings (SSSR count). The average molecular weight is 555 g/mol. The smallest absolute Gasteiger partial charge is 0.410 e. The highest BCUT2D eigenvalue weighted by molar-refractivity contribution is 14.0. The van der Waals surface area contributed by atoms with Crippen LogP contribution in [-0.2, 0) is 11.3 Å². The first kappa shape index (κ1) is 26.0. The van der Waals surface area contributed by atoms with Gasteiger partial charge in [0, 0.05) is 25.7 Å². The molecule has 2 heterocycles. The van der Waals surface area contributed by atoms with E-state index >= 15 is 0 Å². The number of amides is 1. The number of nitrogens with one attached hydrogen (secondary N) is 2. The van der Waals surface area contributed by atoms with Crippen molar-refractivity contribution in [1.29, 1.82) is 0 Å². The number of guanidine groups is 1. The second-order valence-electron chi connectivity index (χ2n) is 8.64. The molecular weight excluding hydrogens is 521 g/mol. The number of aromatic nitrogens is 1. The number of hydrogen-bond donors (Lipinski definition) is 2. The molecule has 8 nitrogen and oxygen atoms in total. The number of rotatable bonds is 5. The first-order valence-electron chi connectivity index (χ1n) is 10.8. The highest BCUT2D eigenvalue weighted by atomic mass is 127. The van der Waals surface area contributed by atoms with E-state index in [0.717, 1.165) is 30.5 Å². The second-order valence-corrected chi connectivity index (χ2v) is 8.64. The molecule has 1 amide bonds. The molecule has 32 heavy (non-hydrogen) atoms. The van der Waals surface area contributed by atoms with E-state index in [1.807, 2.05) is 56.0 Å². The lowest BCUT2D eigenvalue weighted by molar-refractivity contribution is 0.0104. The van der Waals surface area contributed by atoms with Gasteiger partial charge in [-0.1, -0.05) is 18.2 Å². The van der Waals surface area contributed by atoms with Gasteiger partial charge in [0.2, 0.25) is 5.89 Å². The van der Waals surface area contributed by atoms with E-state index in [9.17, 15) is 4.79 Å². The highest BCUT2D eigenvalue weighted by Gasteiger charge is 2.30. The van der Waals surface area contributed by atoms with Crippen LogP contribution in [0.15, 0.2) is 46.0 Å². The SMILES string of the molecule is CN=C(NCc1coc(-c2ccccc2)n1)NCC1CCCCN1C(=O)OC(C)(C)C.I. The molecule has 1 aromatic heterocycles. The Balaban J connectivity index is 0.00000363. The van der Waals surface area contributed by atoms with Gasteiger partial charge >= 0.3 is 6.09 Å². The molecule has 0 spiro atoms. The fourth-order valence-corrected chi connectivity index (χ4v) is 3.48. The summed E-state index contributed by atoms with van der Waals surface area (Å²) in [4.78, 5) is 23.2. The Labute approximate surface area is 207 Å². The number of carbonyl (C=O) groups is 1. The Morgan fingerprint density at radius 1 is 1.25 bits per heavy atom. The van der Waals surface area contributed by atoms with Gasteiger partial charge in [0.05, 0.1) is 18.3 Å². The third-order valence-electron chi connectivity index (χ3n) is 4.99. The Kier molecular flexibility index (Phi) is 9.80. The molecule has 1 unspecified atom stereocenters. The van der Waals surface area contributed by atoms with E-state index in [4.69, 9.17) is 9.15 Å². The van der Waals surface area contributed by atoms with E-state index in [2.05, 4.69) is 20.6 Å². The Bertz CT molecular complexity index is 879. The van der Waals surface area contributed by atoms with Crippen molar-refractivity contribution in [3.05, 3.63) is 42.3 Å². The van der Waals surface area contributed by atoms with Gasteiger partial charge in [-0.05, 0) is 52.2 Å². The fraction of sp³-hybridized carbons (Fsp3) is 0.522. The normalized spacial score (nSPS) is 16.8. The average Bonchev–Trinajstić information content (AvgIpc) is 3.22. The molecule has 1 aliphatic heterocycles. The van der Waals surface area contributed by atoms with Crippen LogP contribution in [0.25, 0.3) is 11.5 Å². The number of carbonyl (C=O) groups excluding carboxylic acids is 1. The van der Waals surface area contributed by atoms with Crippen LogP contribution in [0.3, 0.4) is 0 Å². The monoisotopic (exact) mass is 555 g/mol. The summed E-state index contributed by atoms with van der Waals surface area (Å²) < 4.78 is 11.2. The predicted molar refractivity (Wildman–Crippen MR) is 136 cm³/mol. The maximum Gasteiger partial charge on any atom is 0.410 e. The lowest BCUT2D eigenvalue weighted by Gasteiger charge is -2.37. The Morgan fingerprint density at radius 3 is 2.69 bits per heavy atom. The summed E-state index contributed by atoms with van der Waals surface area (Å²) in [5.41, 5.74) is 1.23. The van der Waals surface area contributed by atoms with Gasteiger partial charge in [-0.25, -0.2) is 9.78 Å². The number of oxazole rings is 1. The van der Waals surface area contributed by atoms with Crippen molar-refractivity contribution >= 4 is 36.0 Å². The van der Waals surface area contributed by atoms with Gasteiger partial charge in [-0.15, -0.1) is 24.0 Å². The summed E-state index contributed by atoms with van der Waals surface area (Å²) in [5, 5.41) is 6.58. The molecule has 2 aromatic rings. The van der Waals surface area contributed by atoms with Crippen molar-refractivity contribution in [2.75, 3.05) is 20.1 Å². The van der Waals surface area contributed by atoms with Crippen LogP contribution in [0.2, 0.25) is 0 Å². The summed E-state index contributed by atoms with van der Waals surface area (Å²) in [6.07, 6.45) is 4.43. The number of aliphatic imine (C=N–C) groups is 1. The molecule has 1 fully saturated rings. The van der Waals surface area contributed by atoms with Crippen LogP contribution in [0.5, 0.6) is 0 Å². The van der Waals surface area contributed by atoms with Crippen molar-refractivity contribution in [1.82, 2.24) is 20.5 Å². The summed E-state index contributed by atoms with van der Waals surface area (Å²) in [7, 11) is 1.72. The zero-order chi connectivity index (χ0) is 22.3. The van der Waals surface area contributed by atoms with Crippen LogP contribution in [-0.4, -0.2) is 53.7 Å². The minimum atomic E-state index is -0.500. The maximum atomic E-state index is 12.6. The highest BCUT2D eigenvalue weighted by Crippen LogP contribution is 2.20. The van der Waals surface area contributed by atoms with Crippen LogP contribution < -0.4 is 10.6 Å². The third-order valence-corrected chi connectivity index (χ3v) is 4.99. The number of piperidine rings is 1. The lowest BCUT2D eigenvalue weighted by atomic mass is 10.0. The number of ether oxygens (including phenoxy) is 1. The number of nitrogens with zero attached hydrogens (tertiary/aromatic N) is 3. The van der Waals surface area contributed by atoms with E-state index in [0.29, 0.717) is 31.5 Å². The second kappa shape index (κ2) is 12.1. The van der Waals surface area contributed by atoms with Gasteiger partial charge in [-0.3, -0.25) is 4.99 Å². The molecule has 0 radical (unpaired) electrons. The molecule has 1 saturated heterocycles.